The largest absolute Gasteiger partial charge is 0.466 e. The number of hydrogen-bond donors (Lipinski definition) is 0. The average Bonchev–Trinajstić information content (AvgIpc) is 2.23. The Labute approximate surface area is 104 Å². The molecule has 0 aliphatic heterocycles. The second kappa shape index (κ2) is 10.1. The van der Waals surface area contributed by atoms with Crippen LogP contribution >= 0.6 is 0 Å². The highest BCUT2D eigenvalue weighted by molar-refractivity contribution is 5.69. The van der Waals surface area contributed by atoms with Gasteiger partial charge in [0.2, 0.25) is 0 Å². The SMILES string of the molecule is CC(=O)OCCCCC(=O)OCCCC(C)C. The van der Waals surface area contributed by atoms with Gasteiger partial charge in [0, 0.05) is 13.3 Å². The van der Waals surface area contributed by atoms with Crippen LogP contribution in [0, 0.1) is 5.92 Å². The molecule has 0 aliphatic carbocycles. The number of unbranched alkanes of at least 4 members (excludes halogenated alkanes) is 1. The Hall–Kier alpha value is -1.06. The molecule has 0 aliphatic rings. The van der Waals surface area contributed by atoms with Crippen molar-refractivity contribution in [2.45, 2.75) is 52.9 Å². The fraction of sp³-hybridized carbons (Fsp3) is 0.846. The summed E-state index contributed by atoms with van der Waals surface area (Å²) in [6.07, 6.45) is 3.83. The molecule has 0 N–H and O–H groups in total. The molecule has 0 aromatic heterocycles. The van der Waals surface area contributed by atoms with E-state index in [2.05, 4.69) is 13.8 Å². The van der Waals surface area contributed by atoms with Crippen LogP contribution in [0.3, 0.4) is 0 Å². The molecule has 4 heteroatoms. The van der Waals surface area contributed by atoms with Crippen LogP contribution in [0.4, 0.5) is 0 Å². The lowest BCUT2D eigenvalue weighted by Gasteiger charge is -2.06. The van der Waals surface area contributed by atoms with E-state index in [0.717, 1.165) is 12.8 Å². The molecule has 100 valence electrons. The predicted octanol–water partition coefficient (Wildman–Crippen LogP) is 2.70. The van der Waals surface area contributed by atoms with Gasteiger partial charge in [0.25, 0.3) is 0 Å². The molecule has 0 aromatic carbocycles. The highest BCUT2D eigenvalue weighted by Gasteiger charge is 2.03. The zero-order valence-electron chi connectivity index (χ0n) is 11.2. The average molecular weight is 244 g/mol. The van der Waals surface area contributed by atoms with Crippen molar-refractivity contribution < 1.29 is 19.1 Å². The van der Waals surface area contributed by atoms with Gasteiger partial charge < -0.3 is 9.47 Å². The quantitative estimate of drug-likeness (QED) is 0.462. The van der Waals surface area contributed by atoms with Crippen molar-refractivity contribution in [3.8, 4) is 0 Å². The number of carbonyl (C=O) groups excluding carboxylic acids is 2. The molecule has 0 heterocycles. The van der Waals surface area contributed by atoms with E-state index in [1.54, 1.807) is 0 Å². The molecule has 0 aromatic rings. The van der Waals surface area contributed by atoms with Crippen molar-refractivity contribution in [2.75, 3.05) is 13.2 Å². The normalized spacial score (nSPS) is 10.4. The van der Waals surface area contributed by atoms with Gasteiger partial charge in [0.15, 0.2) is 0 Å². The van der Waals surface area contributed by atoms with Crippen molar-refractivity contribution in [2.24, 2.45) is 5.92 Å². The molecule has 0 atom stereocenters. The van der Waals surface area contributed by atoms with Crippen molar-refractivity contribution in [1.82, 2.24) is 0 Å². The second-order valence-corrected chi connectivity index (χ2v) is 4.55. The van der Waals surface area contributed by atoms with E-state index in [1.807, 2.05) is 0 Å². The van der Waals surface area contributed by atoms with Gasteiger partial charge in [-0.25, -0.2) is 0 Å². The van der Waals surface area contributed by atoms with Crippen LogP contribution in [0.1, 0.15) is 52.9 Å². The first-order chi connectivity index (χ1) is 8.02. The zero-order valence-corrected chi connectivity index (χ0v) is 11.2. The molecule has 4 nitrogen and oxygen atoms in total. The number of ether oxygens (including phenoxy) is 2. The lowest BCUT2D eigenvalue weighted by atomic mass is 10.1. The van der Waals surface area contributed by atoms with E-state index in [-0.39, 0.29) is 11.9 Å². The summed E-state index contributed by atoms with van der Waals surface area (Å²) in [5.74, 6) is 0.218. The summed E-state index contributed by atoms with van der Waals surface area (Å²) in [7, 11) is 0. The molecule has 0 bridgehead atoms. The summed E-state index contributed by atoms with van der Waals surface area (Å²) in [5.41, 5.74) is 0. The number of hydrogen-bond acceptors (Lipinski definition) is 4. The van der Waals surface area contributed by atoms with Crippen LogP contribution in [0.2, 0.25) is 0 Å². The molecule has 0 spiro atoms. The summed E-state index contributed by atoms with van der Waals surface area (Å²) < 4.78 is 9.83. The van der Waals surface area contributed by atoms with Crippen LogP contribution in [0.15, 0.2) is 0 Å². The maximum atomic E-state index is 11.3. The minimum absolute atomic E-state index is 0.156. The highest BCUT2D eigenvalue weighted by atomic mass is 16.5. The maximum absolute atomic E-state index is 11.3. The lowest BCUT2D eigenvalue weighted by Crippen LogP contribution is -2.07. The summed E-state index contributed by atoms with van der Waals surface area (Å²) in [4.78, 5) is 21.7. The van der Waals surface area contributed by atoms with E-state index < -0.39 is 0 Å². The van der Waals surface area contributed by atoms with Crippen LogP contribution in [-0.2, 0) is 19.1 Å². The number of carbonyl (C=O) groups is 2. The van der Waals surface area contributed by atoms with Gasteiger partial charge in [-0.1, -0.05) is 13.8 Å². The van der Waals surface area contributed by atoms with Crippen LogP contribution < -0.4 is 0 Å². The van der Waals surface area contributed by atoms with Gasteiger partial charge in [0.1, 0.15) is 0 Å². The van der Waals surface area contributed by atoms with Gasteiger partial charge in [-0.2, -0.15) is 0 Å². The first-order valence-corrected chi connectivity index (χ1v) is 6.31. The van der Waals surface area contributed by atoms with Crippen molar-refractivity contribution >= 4 is 11.9 Å². The Balaban J connectivity index is 3.26. The third-order valence-corrected chi connectivity index (χ3v) is 2.27. The summed E-state index contributed by atoms with van der Waals surface area (Å²) in [6.45, 7) is 6.58. The van der Waals surface area contributed by atoms with E-state index in [4.69, 9.17) is 9.47 Å². The standard InChI is InChI=1S/C13H24O4/c1-11(2)7-6-10-17-13(15)8-4-5-9-16-12(3)14/h11H,4-10H2,1-3H3. The van der Waals surface area contributed by atoms with E-state index in [0.29, 0.717) is 38.4 Å². The summed E-state index contributed by atoms with van der Waals surface area (Å²) in [6, 6.07) is 0. The molecule has 0 saturated heterocycles. The minimum Gasteiger partial charge on any atom is -0.466 e. The Bertz CT molecular complexity index is 223. The third kappa shape index (κ3) is 12.9. The van der Waals surface area contributed by atoms with Crippen LogP contribution in [-0.4, -0.2) is 25.2 Å². The lowest BCUT2D eigenvalue weighted by molar-refractivity contribution is -0.144. The maximum Gasteiger partial charge on any atom is 0.305 e. The van der Waals surface area contributed by atoms with Gasteiger partial charge in [-0.3, -0.25) is 9.59 Å². The smallest absolute Gasteiger partial charge is 0.305 e. The minimum atomic E-state index is -0.277. The Morgan fingerprint density at radius 2 is 1.65 bits per heavy atom. The monoisotopic (exact) mass is 244 g/mol. The van der Waals surface area contributed by atoms with E-state index in [1.165, 1.54) is 6.92 Å². The van der Waals surface area contributed by atoms with Crippen molar-refractivity contribution in [3.05, 3.63) is 0 Å². The fourth-order valence-corrected chi connectivity index (χ4v) is 1.34. The number of rotatable bonds is 9. The Kier molecular flexibility index (Phi) is 9.49. The molecule has 0 saturated carbocycles. The van der Waals surface area contributed by atoms with Crippen molar-refractivity contribution in [1.29, 1.82) is 0 Å². The van der Waals surface area contributed by atoms with Gasteiger partial charge in [-0.05, 0) is 31.6 Å². The molecule has 0 rings (SSSR count). The molecule has 0 fully saturated rings. The van der Waals surface area contributed by atoms with Gasteiger partial charge in [0.05, 0.1) is 13.2 Å². The summed E-state index contributed by atoms with van der Waals surface area (Å²) in [5, 5.41) is 0. The molecule has 0 unspecified atom stereocenters. The van der Waals surface area contributed by atoms with E-state index in [9.17, 15) is 9.59 Å². The first-order valence-electron chi connectivity index (χ1n) is 6.31. The molecule has 17 heavy (non-hydrogen) atoms. The molecule has 0 radical (unpaired) electrons. The van der Waals surface area contributed by atoms with Crippen LogP contribution in [0.25, 0.3) is 0 Å². The highest BCUT2D eigenvalue weighted by Crippen LogP contribution is 2.04. The van der Waals surface area contributed by atoms with Gasteiger partial charge >= 0.3 is 11.9 Å². The molecular formula is C13H24O4. The molecular weight excluding hydrogens is 220 g/mol. The predicted molar refractivity (Wildman–Crippen MR) is 65.5 cm³/mol. The summed E-state index contributed by atoms with van der Waals surface area (Å²) >= 11 is 0. The fourth-order valence-electron chi connectivity index (χ4n) is 1.34. The second-order valence-electron chi connectivity index (χ2n) is 4.55. The third-order valence-electron chi connectivity index (χ3n) is 2.27. The first kappa shape index (κ1) is 15.9. The van der Waals surface area contributed by atoms with Gasteiger partial charge in [-0.15, -0.1) is 0 Å². The Morgan fingerprint density at radius 3 is 2.24 bits per heavy atom. The van der Waals surface area contributed by atoms with Crippen molar-refractivity contribution in [3.63, 3.8) is 0 Å². The number of esters is 2. The Morgan fingerprint density at radius 1 is 1.00 bits per heavy atom. The van der Waals surface area contributed by atoms with Crippen LogP contribution in [0.5, 0.6) is 0 Å². The topological polar surface area (TPSA) is 52.6 Å². The van der Waals surface area contributed by atoms with E-state index >= 15 is 0 Å². The molecule has 0 amide bonds. The zero-order chi connectivity index (χ0) is 13.1.